The maximum Gasteiger partial charge on any atom is 0.151 e. The van der Waals surface area contributed by atoms with Crippen LogP contribution in [-0.4, -0.2) is 48.9 Å². The molecule has 5 nitrogen and oxygen atoms in total. The van der Waals surface area contributed by atoms with Gasteiger partial charge in [0.05, 0.1) is 36.0 Å². The Morgan fingerprint density at radius 1 is 1.29 bits per heavy atom. The average molecular weight is 286 g/mol. The van der Waals surface area contributed by atoms with Gasteiger partial charge < -0.3 is 15.0 Å². The number of hydrogen-bond acceptors (Lipinski definition) is 5. The molecule has 0 spiro atoms. The number of anilines is 1. The lowest BCUT2D eigenvalue weighted by molar-refractivity contribution is 0.0934. The molecule has 1 atom stereocenters. The molecule has 1 fully saturated rings. The van der Waals surface area contributed by atoms with Crippen LogP contribution >= 0.6 is 0 Å². The minimum atomic E-state index is 0.313. The van der Waals surface area contributed by atoms with Gasteiger partial charge >= 0.3 is 0 Å². The van der Waals surface area contributed by atoms with Gasteiger partial charge in [-0.1, -0.05) is 19.1 Å². The fraction of sp³-hybridized carbons (Fsp3) is 0.500. The van der Waals surface area contributed by atoms with Crippen LogP contribution in [0.5, 0.6) is 0 Å². The number of nitrogens with zero attached hydrogens (tertiary/aromatic N) is 3. The Morgan fingerprint density at radius 2 is 2.05 bits per heavy atom. The highest BCUT2D eigenvalue weighted by Gasteiger charge is 2.25. The SMILES string of the molecule is CCNCC1COCCN1c1nc2ccccc2nc1C. The van der Waals surface area contributed by atoms with E-state index < -0.39 is 0 Å². The number of ether oxygens (including phenoxy) is 1. The van der Waals surface area contributed by atoms with Crippen LogP contribution in [0.25, 0.3) is 11.0 Å². The molecule has 1 aliphatic rings. The predicted molar refractivity (Wildman–Crippen MR) is 84.8 cm³/mol. The van der Waals surface area contributed by atoms with Crippen molar-refractivity contribution >= 4 is 16.9 Å². The van der Waals surface area contributed by atoms with Crippen LogP contribution in [0, 0.1) is 6.92 Å². The second-order valence-electron chi connectivity index (χ2n) is 5.35. The van der Waals surface area contributed by atoms with Gasteiger partial charge in [0.15, 0.2) is 5.82 Å². The molecule has 112 valence electrons. The summed E-state index contributed by atoms with van der Waals surface area (Å²) in [6.45, 7) is 8.38. The first-order chi connectivity index (χ1) is 10.3. The van der Waals surface area contributed by atoms with E-state index in [1.165, 1.54) is 0 Å². The number of benzene rings is 1. The number of nitrogens with one attached hydrogen (secondary N) is 1. The maximum atomic E-state index is 5.63. The molecule has 1 saturated heterocycles. The molecule has 21 heavy (non-hydrogen) atoms. The summed E-state index contributed by atoms with van der Waals surface area (Å²) < 4.78 is 5.63. The Kier molecular flexibility index (Phi) is 4.31. The molecule has 0 bridgehead atoms. The molecule has 1 aromatic carbocycles. The normalized spacial score (nSPS) is 19.1. The quantitative estimate of drug-likeness (QED) is 0.928. The Morgan fingerprint density at radius 3 is 2.81 bits per heavy atom. The van der Waals surface area contributed by atoms with E-state index in [0.29, 0.717) is 6.04 Å². The molecule has 0 amide bonds. The number of para-hydroxylation sites is 2. The first-order valence-electron chi connectivity index (χ1n) is 7.58. The second kappa shape index (κ2) is 6.37. The van der Waals surface area contributed by atoms with E-state index in [1.54, 1.807) is 0 Å². The topological polar surface area (TPSA) is 50.3 Å². The Labute approximate surface area is 125 Å². The molecule has 1 N–H and O–H groups in total. The Balaban J connectivity index is 1.94. The summed E-state index contributed by atoms with van der Waals surface area (Å²) in [7, 11) is 0. The van der Waals surface area contributed by atoms with Crippen molar-refractivity contribution in [2.24, 2.45) is 0 Å². The molecule has 5 heteroatoms. The second-order valence-corrected chi connectivity index (χ2v) is 5.35. The first kappa shape index (κ1) is 14.2. The minimum absolute atomic E-state index is 0.313. The van der Waals surface area contributed by atoms with Crippen molar-refractivity contribution in [3.8, 4) is 0 Å². The highest BCUT2D eigenvalue weighted by molar-refractivity contribution is 5.76. The van der Waals surface area contributed by atoms with Crippen LogP contribution in [0.1, 0.15) is 12.6 Å². The van der Waals surface area contributed by atoms with Crippen LogP contribution in [0.2, 0.25) is 0 Å². The third kappa shape index (κ3) is 2.99. The maximum absolute atomic E-state index is 5.63. The number of morpholine rings is 1. The van der Waals surface area contributed by atoms with Crippen LogP contribution in [0.3, 0.4) is 0 Å². The van der Waals surface area contributed by atoms with E-state index in [-0.39, 0.29) is 0 Å². The van der Waals surface area contributed by atoms with Crippen molar-refractivity contribution in [2.45, 2.75) is 19.9 Å². The smallest absolute Gasteiger partial charge is 0.151 e. The highest BCUT2D eigenvalue weighted by atomic mass is 16.5. The summed E-state index contributed by atoms with van der Waals surface area (Å²) in [5.41, 5.74) is 2.89. The van der Waals surface area contributed by atoms with Gasteiger partial charge in [0.1, 0.15) is 0 Å². The fourth-order valence-corrected chi connectivity index (χ4v) is 2.76. The van der Waals surface area contributed by atoms with Crippen molar-refractivity contribution in [1.82, 2.24) is 15.3 Å². The van der Waals surface area contributed by atoms with E-state index in [4.69, 9.17) is 14.7 Å². The lowest BCUT2D eigenvalue weighted by Gasteiger charge is -2.37. The molecule has 2 heterocycles. The number of fused-ring (bicyclic) bond motifs is 1. The monoisotopic (exact) mass is 286 g/mol. The average Bonchev–Trinajstić information content (AvgIpc) is 2.52. The molecular formula is C16H22N4O. The fourth-order valence-electron chi connectivity index (χ4n) is 2.76. The van der Waals surface area contributed by atoms with Crippen molar-refractivity contribution in [3.05, 3.63) is 30.0 Å². The number of likely N-dealkylation sites (N-methyl/N-ethyl adjacent to an activating group) is 1. The van der Waals surface area contributed by atoms with E-state index in [1.807, 2.05) is 31.2 Å². The third-order valence-corrected chi connectivity index (χ3v) is 3.85. The number of aryl methyl sites for hydroxylation is 1. The van der Waals surface area contributed by atoms with Gasteiger partial charge in [-0.3, -0.25) is 0 Å². The van der Waals surface area contributed by atoms with Crippen molar-refractivity contribution < 1.29 is 4.74 Å². The Bertz CT molecular complexity index is 616. The van der Waals surface area contributed by atoms with Crippen LogP contribution in [0.15, 0.2) is 24.3 Å². The molecular weight excluding hydrogens is 264 g/mol. The molecule has 3 rings (SSSR count). The zero-order valence-electron chi connectivity index (χ0n) is 12.7. The molecule has 0 aliphatic carbocycles. The van der Waals surface area contributed by atoms with E-state index in [9.17, 15) is 0 Å². The van der Waals surface area contributed by atoms with Gasteiger partial charge in [-0.05, 0) is 25.6 Å². The third-order valence-electron chi connectivity index (χ3n) is 3.85. The largest absolute Gasteiger partial charge is 0.377 e. The van der Waals surface area contributed by atoms with E-state index in [2.05, 4.69) is 17.1 Å². The molecule has 1 aromatic heterocycles. The summed E-state index contributed by atoms with van der Waals surface area (Å²) in [5, 5.41) is 3.40. The van der Waals surface area contributed by atoms with Gasteiger partial charge in [-0.2, -0.15) is 0 Å². The van der Waals surface area contributed by atoms with Gasteiger partial charge in [-0.25, -0.2) is 9.97 Å². The van der Waals surface area contributed by atoms with Gasteiger partial charge in [0, 0.05) is 13.1 Å². The van der Waals surface area contributed by atoms with Crippen molar-refractivity contribution in [2.75, 3.05) is 37.7 Å². The summed E-state index contributed by atoms with van der Waals surface area (Å²) >= 11 is 0. The van der Waals surface area contributed by atoms with Gasteiger partial charge in [0.2, 0.25) is 0 Å². The molecule has 2 aromatic rings. The summed E-state index contributed by atoms with van der Waals surface area (Å²) in [6, 6.07) is 8.34. The predicted octanol–water partition coefficient (Wildman–Crippen LogP) is 1.75. The summed E-state index contributed by atoms with van der Waals surface area (Å²) in [4.78, 5) is 11.9. The van der Waals surface area contributed by atoms with E-state index in [0.717, 1.165) is 55.4 Å². The summed E-state index contributed by atoms with van der Waals surface area (Å²) in [5.74, 6) is 0.986. The van der Waals surface area contributed by atoms with Crippen molar-refractivity contribution in [1.29, 1.82) is 0 Å². The molecule has 1 aliphatic heterocycles. The summed E-state index contributed by atoms with van der Waals surface area (Å²) in [6.07, 6.45) is 0. The van der Waals surface area contributed by atoms with Crippen LogP contribution < -0.4 is 10.2 Å². The molecule has 0 radical (unpaired) electrons. The van der Waals surface area contributed by atoms with Crippen molar-refractivity contribution in [3.63, 3.8) is 0 Å². The molecule has 1 unspecified atom stereocenters. The first-order valence-corrected chi connectivity index (χ1v) is 7.58. The minimum Gasteiger partial charge on any atom is -0.377 e. The van der Waals surface area contributed by atoms with Gasteiger partial charge in [-0.15, -0.1) is 0 Å². The zero-order chi connectivity index (χ0) is 14.7. The Hall–Kier alpha value is -1.72. The van der Waals surface area contributed by atoms with Crippen LogP contribution in [-0.2, 0) is 4.74 Å². The highest BCUT2D eigenvalue weighted by Crippen LogP contribution is 2.23. The number of rotatable bonds is 4. The van der Waals surface area contributed by atoms with Gasteiger partial charge in [0.25, 0.3) is 0 Å². The standard InChI is InChI=1S/C16H22N4O/c1-3-17-10-13-11-21-9-8-20(13)16-12(2)18-14-6-4-5-7-15(14)19-16/h4-7,13,17H,3,8-11H2,1-2H3. The number of hydrogen-bond donors (Lipinski definition) is 1. The zero-order valence-corrected chi connectivity index (χ0v) is 12.7. The lowest BCUT2D eigenvalue weighted by Crippen LogP contribution is -2.51. The van der Waals surface area contributed by atoms with Crippen LogP contribution in [0.4, 0.5) is 5.82 Å². The number of aromatic nitrogens is 2. The molecule has 0 saturated carbocycles. The van der Waals surface area contributed by atoms with E-state index >= 15 is 0 Å². The lowest BCUT2D eigenvalue weighted by atomic mass is 10.2.